The quantitative estimate of drug-likeness (QED) is 0.0296. The molecule has 298 valence electrons. The number of nitrogens with one attached hydrogen (secondary N) is 1. The van der Waals surface area contributed by atoms with Gasteiger partial charge in [0, 0.05) is 19.4 Å². The standard InChI is InChI=1S/C44H64NO8P/c1-3-5-6-7-8-9-10-11-12-13-14-15-25-33-42(46)50-36-41(53-43(47)26-4-2)37-52-54(48,49)51-35-34-45-44(38-27-19-16-20-28-38,39-29-21-17-22-30-39)40-31-23-18-24-32-40/h16-24,27-32,41,45H,3-15,25-26,33-37H2,1-2H3,(H,48,49)/t41-/m1/s1. The second kappa shape index (κ2) is 26.5. The zero-order valence-corrected chi connectivity index (χ0v) is 33.5. The highest BCUT2D eigenvalue weighted by molar-refractivity contribution is 7.47. The van der Waals surface area contributed by atoms with Crippen LogP contribution in [0.25, 0.3) is 0 Å². The predicted octanol–water partition coefficient (Wildman–Crippen LogP) is 10.4. The lowest BCUT2D eigenvalue weighted by Gasteiger charge is -2.37. The molecule has 0 aliphatic heterocycles. The summed E-state index contributed by atoms with van der Waals surface area (Å²) in [6, 6.07) is 30.0. The minimum atomic E-state index is -4.57. The first-order valence-electron chi connectivity index (χ1n) is 20.2. The van der Waals surface area contributed by atoms with Crippen LogP contribution in [0.15, 0.2) is 91.0 Å². The molecule has 0 aromatic heterocycles. The molecule has 0 heterocycles. The van der Waals surface area contributed by atoms with Gasteiger partial charge in [0.25, 0.3) is 0 Å². The lowest BCUT2D eigenvalue weighted by Crippen LogP contribution is -2.46. The highest BCUT2D eigenvalue weighted by atomic mass is 31.2. The van der Waals surface area contributed by atoms with Gasteiger partial charge in [-0.2, -0.15) is 0 Å². The molecule has 2 N–H and O–H groups in total. The second-order valence-corrected chi connectivity index (χ2v) is 15.4. The van der Waals surface area contributed by atoms with E-state index in [4.69, 9.17) is 18.5 Å². The van der Waals surface area contributed by atoms with Crippen LogP contribution in [-0.4, -0.2) is 49.3 Å². The third-order valence-corrected chi connectivity index (χ3v) is 10.4. The van der Waals surface area contributed by atoms with Crippen molar-refractivity contribution < 1.29 is 37.6 Å². The van der Waals surface area contributed by atoms with Crippen molar-refractivity contribution in [3.8, 4) is 0 Å². The highest BCUT2D eigenvalue weighted by Gasteiger charge is 2.36. The zero-order chi connectivity index (χ0) is 38.7. The Balaban J connectivity index is 1.45. The van der Waals surface area contributed by atoms with Gasteiger partial charge >= 0.3 is 19.8 Å². The summed E-state index contributed by atoms with van der Waals surface area (Å²) in [5.41, 5.74) is 2.20. The van der Waals surface area contributed by atoms with E-state index in [1.165, 1.54) is 64.2 Å². The molecule has 0 fully saturated rings. The summed E-state index contributed by atoms with van der Waals surface area (Å²) in [5.74, 6) is -0.904. The fourth-order valence-electron chi connectivity index (χ4n) is 6.60. The van der Waals surface area contributed by atoms with Crippen LogP contribution in [-0.2, 0) is 38.2 Å². The molecule has 0 amide bonds. The second-order valence-electron chi connectivity index (χ2n) is 13.9. The van der Waals surface area contributed by atoms with E-state index >= 15 is 0 Å². The maximum absolute atomic E-state index is 13.0. The zero-order valence-electron chi connectivity index (χ0n) is 32.6. The lowest BCUT2D eigenvalue weighted by molar-refractivity contribution is -0.161. The minimum absolute atomic E-state index is 0.156. The Kier molecular flexibility index (Phi) is 22.1. The van der Waals surface area contributed by atoms with Crippen molar-refractivity contribution >= 4 is 19.8 Å². The third-order valence-electron chi connectivity index (χ3n) is 9.46. The van der Waals surface area contributed by atoms with Gasteiger partial charge in [-0.3, -0.25) is 24.0 Å². The molecule has 0 saturated heterocycles. The topological polar surface area (TPSA) is 120 Å². The molecule has 2 atom stereocenters. The van der Waals surface area contributed by atoms with E-state index in [1.54, 1.807) is 0 Å². The molecule has 0 aliphatic rings. The van der Waals surface area contributed by atoms with Gasteiger partial charge in [-0.05, 0) is 29.5 Å². The molecule has 3 rings (SSSR count). The summed E-state index contributed by atoms with van der Waals surface area (Å²) in [7, 11) is -4.57. The molecule has 3 aromatic carbocycles. The summed E-state index contributed by atoms with van der Waals surface area (Å²) in [5, 5.41) is 3.60. The van der Waals surface area contributed by atoms with Crippen LogP contribution in [0.2, 0.25) is 0 Å². The molecule has 1 unspecified atom stereocenters. The number of hydrogen-bond donors (Lipinski definition) is 2. The summed E-state index contributed by atoms with van der Waals surface area (Å²) in [6.07, 6.45) is 15.7. The SMILES string of the molecule is CCCCCCCCCCCCCCCC(=O)OC[C@H](COP(=O)(O)OCCNC(c1ccccc1)(c1ccccc1)c1ccccc1)OC(=O)CCC. The van der Waals surface area contributed by atoms with Crippen LogP contribution in [0.4, 0.5) is 0 Å². The van der Waals surface area contributed by atoms with Crippen LogP contribution in [0, 0.1) is 0 Å². The first-order valence-corrected chi connectivity index (χ1v) is 21.7. The van der Waals surface area contributed by atoms with Crippen LogP contribution in [0.3, 0.4) is 0 Å². The lowest BCUT2D eigenvalue weighted by atomic mass is 9.77. The molecule has 10 heteroatoms. The van der Waals surface area contributed by atoms with Crippen molar-refractivity contribution in [3.05, 3.63) is 108 Å². The Morgan fingerprint density at radius 1 is 0.611 bits per heavy atom. The van der Waals surface area contributed by atoms with Crippen molar-refractivity contribution in [3.63, 3.8) is 0 Å². The fourth-order valence-corrected chi connectivity index (χ4v) is 7.35. The average molecular weight is 766 g/mol. The molecular weight excluding hydrogens is 701 g/mol. The third kappa shape index (κ3) is 17.0. The molecule has 0 spiro atoms. The maximum atomic E-state index is 13.0. The molecule has 0 bridgehead atoms. The largest absolute Gasteiger partial charge is 0.472 e. The number of phosphoric ester groups is 1. The number of carbonyl (C=O) groups excluding carboxylic acids is 2. The molecule has 0 aliphatic carbocycles. The summed E-state index contributed by atoms with van der Waals surface area (Å²) >= 11 is 0. The predicted molar refractivity (Wildman–Crippen MR) is 215 cm³/mol. The number of ether oxygens (including phenoxy) is 2. The minimum Gasteiger partial charge on any atom is -0.462 e. The van der Waals surface area contributed by atoms with Crippen LogP contribution >= 0.6 is 7.82 Å². The van der Waals surface area contributed by atoms with Gasteiger partial charge in [-0.15, -0.1) is 0 Å². The van der Waals surface area contributed by atoms with Crippen molar-refractivity contribution in [1.29, 1.82) is 0 Å². The first-order chi connectivity index (χ1) is 26.3. The molecule has 9 nitrogen and oxygen atoms in total. The number of unbranched alkanes of at least 4 members (excludes halogenated alkanes) is 12. The molecule has 3 aromatic rings. The monoisotopic (exact) mass is 765 g/mol. The number of carbonyl (C=O) groups is 2. The van der Waals surface area contributed by atoms with E-state index in [9.17, 15) is 19.0 Å². The van der Waals surface area contributed by atoms with Gasteiger partial charge in [0.1, 0.15) is 6.61 Å². The Labute approximate surface area is 324 Å². The van der Waals surface area contributed by atoms with Crippen molar-refractivity contribution in [1.82, 2.24) is 5.32 Å². The van der Waals surface area contributed by atoms with E-state index in [0.29, 0.717) is 6.42 Å². The molecule has 0 saturated carbocycles. The van der Waals surface area contributed by atoms with E-state index in [0.717, 1.165) is 36.0 Å². The Hall–Kier alpha value is -3.33. The molecular formula is C44H64NO8P. The van der Waals surface area contributed by atoms with Gasteiger partial charge < -0.3 is 14.4 Å². The molecule has 0 radical (unpaired) electrons. The fraction of sp³-hybridized carbons (Fsp3) is 0.545. The van der Waals surface area contributed by atoms with E-state index < -0.39 is 38.0 Å². The first kappa shape index (κ1) is 45.1. The summed E-state index contributed by atoms with van der Waals surface area (Å²) < 4.78 is 34.5. The number of phosphoric acid groups is 1. The normalized spacial score (nSPS) is 13.2. The Morgan fingerprint density at radius 2 is 1.07 bits per heavy atom. The van der Waals surface area contributed by atoms with Crippen molar-refractivity contribution in [2.45, 2.75) is 128 Å². The van der Waals surface area contributed by atoms with E-state index in [1.807, 2.05) is 97.9 Å². The number of benzene rings is 3. The van der Waals surface area contributed by atoms with Gasteiger partial charge in [-0.25, -0.2) is 4.57 Å². The van der Waals surface area contributed by atoms with Gasteiger partial charge in [0.15, 0.2) is 6.10 Å². The Bertz CT molecular complexity index is 1380. The Morgan fingerprint density at radius 3 is 1.54 bits per heavy atom. The molecule has 54 heavy (non-hydrogen) atoms. The van der Waals surface area contributed by atoms with E-state index in [-0.39, 0.29) is 32.6 Å². The number of rotatable bonds is 30. The van der Waals surface area contributed by atoms with Crippen LogP contribution in [0.5, 0.6) is 0 Å². The number of hydrogen-bond acceptors (Lipinski definition) is 8. The van der Waals surface area contributed by atoms with Crippen molar-refractivity contribution in [2.24, 2.45) is 0 Å². The van der Waals surface area contributed by atoms with Crippen molar-refractivity contribution in [2.75, 3.05) is 26.4 Å². The van der Waals surface area contributed by atoms with Crippen LogP contribution in [0.1, 0.15) is 133 Å². The number of esters is 2. The van der Waals surface area contributed by atoms with E-state index in [2.05, 4.69) is 12.2 Å². The maximum Gasteiger partial charge on any atom is 0.472 e. The van der Waals surface area contributed by atoms with Gasteiger partial charge in [0.05, 0.1) is 18.8 Å². The van der Waals surface area contributed by atoms with Gasteiger partial charge in [-0.1, -0.05) is 182 Å². The highest BCUT2D eigenvalue weighted by Crippen LogP contribution is 2.43. The average Bonchev–Trinajstić information content (AvgIpc) is 3.19. The van der Waals surface area contributed by atoms with Crippen LogP contribution < -0.4 is 5.32 Å². The summed E-state index contributed by atoms with van der Waals surface area (Å²) in [4.78, 5) is 35.4. The smallest absolute Gasteiger partial charge is 0.462 e. The van der Waals surface area contributed by atoms with Gasteiger partial charge in [0.2, 0.25) is 0 Å². The summed E-state index contributed by atoms with van der Waals surface area (Å²) in [6.45, 7) is 3.38.